The molecule has 0 aliphatic carbocycles. The Labute approximate surface area is 127 Å². The molecule has 21 heavy (non-hydrogen) atoms. The number of hydrogen-bond acceptors (Lipinski definition) is 5. The predicted molar refractivity (Wildman–Crippen MR) is 80.7 cm³/mol. The molecule has 2 heterocycles. The number of piperidine rings is 1. The molecule has 0 spiro atoms. The minimum atomic E-state index is -0.473. The highest BCUT2D eigenvalue weighted by atomic mass is 35.5. The summed E-state index contributed by atoms with van der Waals surface area (Å²) < 4.78 is 13.2. The summed E-state index contributed by atoms with van der Waals surface area (Å²) in [5.74, 6) is 0.655. The fourth-order valence-corrected chi connectivity index (χ4v) is 2.56. The summed E-state index contributed by atoms with van der Waals surface area (Å²) in [7, 11) is 0. The average Bonchev–Trinajstić information content (AvgIpc) is 2.50. The van der Waals surface area contributed by atoms with E-state index in [2.05, 4.69) is 19.9 Å². The molecule has 1 aliphatic heterocycles. The summed E-state index contributed by atoms with van der Waals surface area (Å²) in [5.41, 5.74) is 6.39. The quantitative estimate of drug-likeness (QED) is 0.924. The molecular weight excluding hydrogens is 293 g/mol. The highest BCUT2D eigenvalue weighted by Crippen LogP contribution is 2.24. The van der Waals surface area contributed by atoms with Gasteiger partial charge >= 0.3 is 0 Å². The maximum atomic E-state index is 13.2. The molecular formula is C14H15ClFN5. The van der Waals surface area contributed by atoms with Crippen LogP contribution in [-0.2, 0) is 0 Å². The number of aromatic nitrogens is 3. The first-order chi connectivity index (χ1) is 10.1. The van der Waals surface area contributed by atoms with Crippen molar-refractivity contribution in [1.82, 2.24) is 15.0 Å². The Morgan fingerprint density at radius 3 is 2.57 bits per heavy atom. The molecule has 0 bridgehead atoms. The zero-order chi connectivity index (χ0) is 14.8. The van der Waals surface area contributed by atoms with Gasteiger partial charge in [-0.2, -0.15) is 15.0 Å². The van der Waals surface area contributed by atoms with E-state index in [0.29, 0.717) is 17.3 Å². The standard InChI is InChI=1S/C14H15ClFN5/c15-10-8-9(4-5-11(10)16)12-18-13(17)20-14(19-12)21-6-2-1-3-7-21/h4-5,8H,1-3,6-7H2,(H2,17,18,19,20). The van der Waals surface area contributed by atoms with Crippen molar-refractivity contribution in [2.45, 2.75) is 19.3 Å². The second kappa shape index (κ2) is 5.81. The van der Waals surface area contributed by atoms with Crippen LogP contribution in [0.25, 0.3) is 11.4 Å². The smallest absolute Gasteiger partial charge is 0.230 e. The molecule has 0 saturated carbocycles. The molecule has 2 N–H and O–H groups in total. The van der Waals surface area contributed by atoms with Crippen LogP contribution in [0.2, 0.25) is 5.02 Å². The molecule has 1 aliphatic rings. The first-order valence-corrected chi connectivity index (χ1v) is 7.23. The van der Waals surface area contributed by atoms with E-state index in [-0.39, 0.29) is 11.0 Å². The van der Waals surface area contributed by atoms with E-state index in [1.54, 1.807) is 6.07 Å². The van der Waals surface area contributed by atoms with Gasteiger partial charge in [0, 0.05) is 18.7 Å². The van der Waals surface area contributed by atoms with Gasteiger partial charge in [-0.15, -0.1) is 0 Å². The summed E-state index contributed by atoms with van der Waals surface area (Å²) in [5, 5.41) is 0.0333. The maximum Gasteiger partial charge on any atom is 0.230 e. The minimum Gasteiger partial charge on any atom is -0.368 e. The van der Waals surface area contributed by atoms with E-state index in [9.17, 15) is 4.39 Å². The molecule has 0 amide bonds. The maximum absolute atomic E-state index is 13.2. The fourth-order valence-electron chi connectivity index (χ4n) is 2.38. The van der Waals surface area contributed by atoms with Crippen LogP contribution in [0.4, 0.5) is 16.3 Å². The van der Waals surface area contributed by atoms with E-state index >= 15 is 0 Å². The van der Waals surface area contributed by atoms with Crippen molar-refractivity contribution in [3.63, 3.8) is 0 Å². The monoisotopic (exact) mass is 307 g/mol. The molecule has 1 aromatic carbocycles. The molecule has 110 valence electrons. The van der Waals surface area contributed by atoms with E-state index in [1.807, 2.05) is 0 Å². The van der Waals surface area contributed by atoms with E-state index in [4.69, 9.17) is 17.3 Å². The van der Waals surface area contributed by atoms with Crippen molar-refractivity contribution in [2.75, 3.05) is 23.7 Å². The fraction of sp³-hybridized carbons (Fsp3) is 0.357. The van der Waals surface area contributed by atoms with E-state index < -0.39 is 5.82 Å². The van der Waals surface area contributed by atoms with Gasteiger partial charge in [-0.3, -0.25) is 0 Å². The van der Waals surface area contributed by atoms with Gasteiger partial charge in [0.15, 0.2) is 5.82 Å². The molecule has 1 saturated heterocycles. The molecule has 2 aromatic rings. The first-order valence-electron chi connectivity index (χ1n) is 6.85. The lowest BCUT2D eigenvalue weighted by atomic mass is 10.1. The van der Waals surface area contributed by atoms with Crippen molar-refractivity contribution in [3.8, 4) is 11.4 Å². The number of benzene rings is 1. The highest BCUT2D eigenvalue weighted by molar-refractivity contribution is 6.31. The summed E-state index contributed by atoms with van der Waals surface area (Å²) in [6.07, 6.45) is 3.45. The zero-order valence-corrected chi connectivity index (χ0v) is 12.1. The topological polar surface area (TPSA) is 67.9 Å². The number of rotatable bonds is 2. The second-order valence-electron chi connectivity index (χ2n) is 4.99. The molecule has 0 radical (unpaired) electrons. The van der Waals surface area contributed by atoms with Gasteiger partial charge in [0.05, 0.1) is 5.02 Å². The third-order valence-corrected chi connectivity index (χ3v) is 3.75. The predicted octanol–water partition coefficient (Wildman–Crippen LogP) is 2.90. The van der Waals surface area contributed by atoms with Crippen molar-refractivity contribution in [2.24, 2.45) is 0 Å². The summed E-state index contributed by atoms with van der Waals surface area (Å²) >= 11 is 5.80. The summed E-state index contributed by atoms with van der Waals surface area (Å²) in [6.45, 7) is 1.82. The van der Waals surface area contributed by atoms with Crippen molar-refractivity contribution in [1.29, 1.82) is 0 Å². The lowest BCUT2D eigenvalue weighted by Gasteiger charge is -2.26. The largest absolute Gasteiger partial charge is 0.368 e. The summed E-state index contributed by atoms with van der Waals surface area (Å²) in [6, 6.07) is 4.36. The van der Waals surface area contributed by atoms with Crippen LogP contribution < -0.4 is 10.6 Å². The van der Waals surface area contributed by atoms with Crippen LogP contribution in [0, 0.1) is 5.82 Å². The average molecular weight is 308 g/mol. The Morgan fingerprint density at radius 2 is 1.86 bits per heavy atom. The van der Waals surface area contributed by atoms with Gasteiger partial charge in [-0.1, -0.05) is 11.6 Å². The van der Waals surface area contributed by atoms with Gasteiger partial charge in [0.1, 0.15) is 5.82 Å². The second-order valence-corrected chi connectivity index (χ2v) is 5.40. The van der Waals surface area contributed by atoms with Crippen LogP contribution in [0.1, 0.15) is 19.3 Å². The summed E-state index contributed by atoms with van der Waals surface area (Å²) in [4.78, 5) is 14.8. The Morgan fingerprint density at radius 1 is 1.10 bits per heavy atom. The van der Waals surface area contributed by atoms with Crippen molar-refractivity contribution in [3.05, 3.63) is 29.0 Å². The minimum absolute atomic E-state index is 0.0333. The number of nitrogens with zero attached hydrogens (tertiary/aromatic N) is 4. The third kappa shape index (κ3) is 3.05. The van der Waals surface area contributed by atoms with Gasteiger partial charge in [0.25, 0.3) is 0 Å². The molecule has 3 rings (SSSR count). The third-order valence-electron chi connectivity index (χ3n) is 3.46. The Balaban J connectivity index is 1.98. The zero-order valence-electron chi connectivity index (χ0n) is 11.4. The number of anilines is 2. The Hall–Kier alpha value is -1.95. The number of nitrogens with two attached hydrogens (primary N) is 1. The lowest BCUT2D eigenvalue weighted by Crippen LogP contribution is -2.31. The Kier molecular flexibility index (Phi) is 3.88. The number of halogens is 2. The van der Waals surface area contributed by atoms with Crippen LogP contribution in [0.3, 0.4) is 0 Å². The Bertz CT molecular complexity index is 658. The molecule has 0 atom stereocenters. The normalized spacial score (nSPS) is 15.2. The van der Waals surface area contributed by atoms with Crippen LogP contribution in [0.15, 0.2) is 18.2 Å². The number of nitrogen functional groups attached to an aromatic ring is 1. The van der Waals surface area contributed by atoms with Crippen molar-refractivity contribution >= 4 is 23.5 Å². The van der Waals surface area contributed by atoms with Gasteiger partial charge in [-0.25, -0.2) is 4.39 Å². The molecule has 0 unspecified atom stereocenters. The van der Waals surface area contributed by atoms with Crippen molar-refractivity contribution < 1.29 is 4.39 Å². The van der Waals surface area contributed by atoms with E-state index in [1.165, 1.54) is 18.6 Å². The molecule has 5 nitrogen and oxygen atoms in total. The van der Waals surface area contributed by atoms with E-state index in [0.717, 1.165) is 25.9 Å². The first kappa shape index (κ1) is 14.0. The highest BCUT2D eigenvalue weighted by Gasteiger charge is 2.16. The van der Waals surface area contributed by atoms with Crippen LogP contribution in [0.5, 0.6) is 0 Å². The van der Waals surface area contributed by atoms with Crippen LogP contribution >= 0.6 is 11.6 Å². The molecule has 1 fully saturated rings. The number of hydrogen-bond donors (Lipinski definition) is 1. The molecule has 1 aromatic heterocycles. The van der Waals surface area contributed by atoms with Gasteiger partial charge < -0.3 is 10.6 Å². The van der Waals surface area contributed by atoms with Gasteiger partial charge in [-0.05, 0) is 37.5 Å². The SMILES string of the molecule is Nc1nc(-c2ccc(F)c(Cl)c2)nc(N2CCCCC2)n1. The lowest BCUT2D eigenvalue weighted by molar-refractivity contribution is 0.568. The molecule has 7 heteroatoms. The van der Waals surface area contributed by atoms with Crippen LogP contribution in [-0.4, -0.2) is 28.0 Å². The van der Waals surface area contributed by atoms with Gasteiger partial charge in [0.2, 0.25) is 11.9 Å².